The van der Waals surface area contributed by atoms with Gasteiger partial charge in [0.25, 0.3) is 11.9 Å². The first-order chi connectivity index (χ1) is 10.0. The van der Waals surface area contributed by atoms with Crippen molar-refractivity contribution in [1.29, 1.82) is 0 Å². The molecule has 7 heteroatoms. The van der Waals surface area contributed by atoms with Crippen LogP contribution in [0.5, 0.6) is 0 Å². The Morgan fingerprint density at radius 2 is 2.00 bits per heavy atom. The molecule has 1 amide bonds. The summed E-state index contributed by atoms with van der Waals surface area (Å²) in [5, 5.41) is 8.95. The van der Waals surface area contributed by atoms with Crippen molar-refractivity contribution >= 4 is 33.8 Å². The number of carbonyl (C=O) groups excluding carboxylic acids is 1. The highest BCUT2D eigenvalue weighted by molar-refractivity contribution is 7.15. The second-order valence-corrected chi connectivity index (χ2v) is 5.74. The molecule has 3 aromatic rings. The number of aryl methyl sites for hydroxylation is 1. The molecule has 0 saturated heterocycles. The molecule has 1 N–H and O–H groups in total. The van der Waals surface area contributed by atoms with Gasteiger partial charge in [0.15, 0.2) is 0 Å². The number of nitrogens with one attached hydrogen (secondary N) is 1. The van der Waals surface area contributed by atoms with Crippen LogP contribution >= 0.6 is 11.3 Å². The third kappa shape index (κ3) is 2.59. The monoisotopic (exact) mass is 301 g/mol. The highest BCUT2D eigenvalue weighted by Gasteiger charge is 2.12. The summed E-state index contributed by atoms with van der Waals surface area (Å²) in [5.41, 5.74) is 2.62. The molecule has 6 nitrogen and oxygen atoms in total. The molecule has 3 rings (SSSR count). The van der Waals surface area contributed by atoms with Gasteiger partial charge in [-0.3, -0.25) is 10.1 Å². The molecule has 2 aromatic heterocycles. The summed E-state index contributed by atoms with van der Waals surface area (Å²) in [6.07, 6.45) is 0. The summed E-state index contributed by atoms with van der Waals surface area (Å²) in [5.74, 6) is 0.114. The Balaban J connectivity index is 1.78. The van der Waals surface area contributed by atoms with Crippen molar-refractivity contribution in [3.63, 3.8) is 0 Å². The molecule has 0 aliphatic heterocycles. The molecule has 0 saturated carbocycles. The first-order valence-electron chi connectivity index (χ1n) is 6.44. The van der Waals surface area contributed by atoms with E-state index in [0.29, 0.717) is 11.5 Å². The fourth-order valence-corrected chi connectivity index (χ4v) is 2.73. The first-order valence-corrected chi connectivity index (χ1v) is 7.32. The van der Waals surface area contributed by atoms with Crippen molar-refractivity contribution in [2.45, 2.75) is 6.92 Å². The van der Waals surface area contributed by atoms with Crippen molar-refractivity contribution in [2.75, 3.05) is 24.3 Å². The van der Waals surface area contributed by atoms with Gasteiger partial charge in [-0.05, 0) is 31.2 Å². The van der Waals surface area contributed by atoms with Gasteiger partial charge in [-0.15, -0.1) is 16.4 Å². The number of benzene rings is 1. The van der Waals surface area contributed by atoms with Gasteiger partial charge in [-0.25, -0.2) is 4.52 Å². The molecular weight excluding hydrogens is 286 g/mol. The average Bonchev–Trinajstić information content (AvgIpc) is 3.01. The van der Waals surface area contributed by atoms with E-state index in [-0.39, 0.29) is 5.91 Å². The number of hydrogen-bond acceptors (Lipinski definition) is 5. The molecule has 0 bridgehead atoms. The molecule has 0 radical (unpaired) electrons. The Hall–Kier alpha value is -2.41. The average molecular weight is 301 g/mol. The van der Waals surface area contributed by atoms with Crippen LogP contribution in [0.2, 0.25) is 0 Å². The van der Waals surface area contributed by atoms with Gasteiger partial charge in [0.2, 0.25) is 4.96 Å². The van der Waals surface area contributed by atoms with Gasteiger partial charge in [-0.1, -0.05) is 0 Å². The fourth-order valence-electron chi connectivity index (χ4n) is 1.93. The molecule has 0 atom stereocenters. The van der Waals surface area contributed by atoms with E-state index in [2.05, 4.69) is 15.4 Å². The number of thiazole rings is 1. The van der Waals surface area contributed by atoms with Gasteiger partial charge in [-0.2, -0.15) is 4.98 Å². The van der Waals surface area contributed by atoms with E-state index in [1.807, 2.05) is 43.4 Å². The Bertz CT molecular complexity index is 787. The van der Waals surface area contributed by atoms with E-state index in [1.165, 1.54) is 11.3 Å². The van der Waals surface area contributed by atoms with Gasteiger partial charge < -0.3 is 4.90 Å². The summed E-state index contributed by atoms with van der Waals surface area (Å²) in [6.45, 7) is 1.95. The smallest absolute Gasteiger partial charge is 0.258 e. The van der Waals surface area contributed by atoms with Gasteiger partial charge >= 0.3 is 0 Å². The number of aromatic nitrogens is 3. The maximum atomic E-state index is 12.2. The lowest BCUT2D eigenvalue weighted by molar-refractivity contribution is 0.102. The van der Waals surface area contributed by atoms with E-state index in [9.17, 15) is 4.79 Å². The van der Waals surface area contributed by atoms with Crippen LogP contribution in [-0.4, -0.2) is 34.6 Å². The summed E-state index contributed by atoms with van der Waals surface area (Å²) in [7, 11) is 3.92. The minimum atomic E-state index is -0.212. The number of carbonyl (C=O) groups is 1. The lowest BCUT2D eigenvalue weighted by Crippen LogP contribution is -2.14. The van der Waals surface area contributed by atoms with Crippen LogP contribution in [0.1, 0.15) is 16.1 Å². The second-order valence-electron chi connectivity index (χ2n) is 4.90. The molecule has 2 heterocycles. The van der Waals surface area contributed by atoms with E-state index in [0.717, 1.165) is 16.3 Å². The second kappa shape index (κ2) is 5.17. The van der Waals surface area contributed by atoms with E-state index in [1.54, 1.807) is 16.6 Å². The zero-order valence-electron chi connectivity index (χ0n) is 12.0. The predicted molar refractivity (Wildman–Crippen MR) is 84.3 cm³/mol. The molecule has 1 aromatic carbocycles. The largest absolute Gasteiger partial charge is 0.378 e. The van der Waals surface area contributed by atoms with Crippen LogP contribution in [0.15, 0.2) is 29.6 Å². The molecule has 0 unspecified atom stereocenters. The Kier molecular flexibility index (Phi) is 3.34. The van der Waals surface area contributed by atoms with Gasteiger partial charge in [0.05, 0.1) is 5.69 Å². The maximum Gasteiger partial charge on any atom is 0.258 e. The third-order valence-corrected chi connectivity index (χ3v) is 4.05. The highest BCUT2D eigenvalue weighted by atomic mass is 32.1. The highest BCUT2D eigenvalue weighted by Crippen LogP contribution is 2.16. The SMILES string of the molecule is Cc1csc2nc(NC(=O)c3ccc(N(C)C)cc3)nn12. The fraction of sp³-hybridized carbons (Fsp3) is 0.214. The number of hydrogen-bond donors (Lipinski definition) is 1. The minimum absolute atomic E-state index is 0.212. The van der Waals surface area contributed by atoms with Crippen LogP contribution in [0.4, 0.5) is 11.6 Å². The molecule has 0 spiro atoms. The number of fused-ring (bicyclic) bond motifs is 1. The standard InChI is InChI=1S/C14H15N5OS/c1-9-8-21-14-16-13(17-19(9)14)15-12(20)10-4-6-11(7-5-10)18(2)3/h4-8H,1-3H3,(H,15,17,20). The van der Waals surface area contributed by atoms with E-state index in [4.69, 9.17) is 0 Å². The zero-order valence-corrected chi connectivity index (χ0v) is 12.8. The maximum absolute atomic E-state index is 12.2. The molecule has 0 aliphatic carbocycles. The van der Waals surface area contributed by atoms with Gasteiger partial charge in [0, 0.05) is 30.7 Å². The van der Waals surface area contributed by atoms with Crippen LogP contribution in [0.3, 0.4) is 0 Å². The van der Waals surface area contributed by atoms with Crippen LogP contribution in [-0.2, 0) is 0 Å². The summed E-state index contributed by atoms with van der Waals surface area (Å²) < 4.78 is 1.72. The van der Waals surface area contributed by atoms with Crippen LogP contribution in [0.25, 0.3) is 4.96 Å². The quantitative estimate of drug-likeness (QED) is 0.807. The number of amides is 1. The van der Waals surface area contributed by atoms with E-state index < -0.39 is 0 Å². The topological polar surface area (TPSA) is 62.5 Å². The Labute approximate surface area is 126 Å². The molecule has 0 aliphatic rings. The van der Waals surface area contributed by atoms with Crippen molar-refractivity contribution in [3.05, 3.63) is 40.9 Å². The normalized spacial score (nSPS) is 10.8. The zero-order chi connectivity index (χ0) is 15.0. The lowest BCUT2D eigenvalue weighted by atomic mass is 10.2. The number of nitrogens with zero attached hydrogens (tertiary/aromatic N) is 4. The molecule has 108 valence electrons. The summed E-state index contributed by atoms with van der Waals surface area (Å²) in [6, 6.07) is 7.37. The van der Waals surface area contributed by atoms with Gasteiger partial charge in [0.1, 0.15) is 0 Å². The summed E-state index contributed by atoms with van der Waals surface area (Å²) >= 11 is 1.50. The lowest BCUT2D eigenvalue weighted by Gasteiger charge is -2.12. The molecule has 21 heavy (non-hydrogen) atoms. The van der Waals surface area contributed by atoms with Crippen LogP contribution in [0, 0.1) is 6.92 Å². The Morgan fingerprint density at radius 3 is 2.62 bits per heavy atom. The van der Waals surface area contributed by atoms with Crippen molar-refractivity contribution in [3.8, 4) is 0 Å². The minimum Gasteiger partial charge on any atom is -0.378 e. The van der Waals surface area contributed by atoms with Crippen molar-refractivity contribution in [1.82, 2.24) is 14.6 Å². The first kappa shape index (κ1) is 13.6. The summed E-state index contributed by atoms with van der Waals surface area (Å²) in [4.78, 5) is 19.2. The molecule has 0 fully saturated rings. The number of anilines is 2. The molecular formula is C14H15N5OS. The number of rotatable bonds is 3. The predicted octanol–water partition coefficient (Wildman–Crippen LogP) is 2.42. The van der Waals surface area contributed by atoms with E-state index >= 15 is 0 Å². The van der Waals surface area contributed by atoms with Crippen molar-refractivity contribution in [2.24, 2.45) is 0 Å². The Morgan fingerprint density at radius 1 is 1.29 bits per heavy atom. The van der Waals surface area contributed by atoms with Crippen molar-refractivity contribution < 1.29 is 4.79 Å². The third-order valence-electron chi connectivity index (χ3n) is 3.12. The van der Waals surface area contributed by atoms with Crippen LogP contribution < -0.4 is 10.2 Å².